The molecule has 2 fully saturated rings. The van der Waals surface area contributed by atoms with Gasteiger partial charge in [-0.05, 0) is 41.7 Å². The monoisotopic (exact) mass is 413 g/mol. The molecule has 2 amide bonds. The third-order valence-corrected chi connectivity index (χ3v) is 6.20. The molecule has 1 heterocycles. The van der Waals surface area contributed by atoms with E-state index in [0.29, 0.717) is 13.1 Å². The van der Waals surface area contributed by atoms with Crippen LogP contribution in [0.2, 0.25) is 5.02 Å². The van der Waals surface area contributed by atoms with Crippen molar-refractivity contribution < 1.29 is 9.53 Å². The Bertz CT molecular complexity index is 830. The Morgan fingerprint density at radius 1 is 1.00 bits per heavy atom. The smallest absolute Gasteiger partial charge is 0.315 e. The largest absolute Gasteiger partial charge is 0.379 e. The highest BCUT2D eigenvalue weighted by Crippen LogP contribution is 2.47. The van der Waals surface area contributed by atoms with Gasteiger partial charge in [-0.15, -0.1) is 0 Å². The van der Waals surface area contributed by atoms with E-state index in [1.807, 2.05) is 18.2 Å². The molecule has 4 rings (SSSR count). The number of hydrogen-bond acceptors (Lipinski definition) is 3. The molecule has 0 radical (unpaired) electrons. The number of ether oxygens (including phenoxy) is 1. The van der Waals surface area contributed by atoms with Gasteiger partial charge in [-0.1, -0.05) is 48.0 Å². The van der Waals surface area contributed by atoms with Crippen molar-refractivity contribution in [2.45, 2.75) is 31.3 Å². The number of carbonyl (C=O) groups is 1. The summed E-state index contributed by atoms with van der Waals surface area (Å²) in [5.74, 6) is 0. The first kappa shape index (κ1) is 20.2. The highest BCUT2D eigenvalue weighted by atomic mass is 35.5. The minimum atomic E-state index is -0.119. The van der Waals surface area contributed by atoms with Crippen molar-refractivity contribution in [2.75, 3.05) is 32.8 Å². The van der Waals surface area contributed by atoms with Crippen molar-refractivity contribution in [3.63, 3.8) is 0 Å². The molecule has 29 heavy (non-hydrogen) atoms. The van der Waals surface area contributed by atoms with Gasteiger partial charge in [-0.2, -0.15) is 0 Å². The van der Waals surface area contributed by atoms with Gasteiger partial charge in [0.05, 0.1) is 13.2 Å². The molecule has 1 aliphatic heterocycles. The van der Waals surface area contributed by atoms with E-state index in [2.05, 4.69) is 45.9 Å². The fraction of sp³-hybridized carbons (Fsp3) is 0.435. The highest BCUT2D eigenvalue weighted by Gasteiger charge is 2.44. The van der Waals surface area contributed by atoms with E-state index in [9.17, 15) is 4.79 Å². The lowest BCUT2D eigenvalue weighted by Gasteiger charge is -2.27. The van der Waals surface area contributed by atoms with E-state index in [1.54, 1.807) is 0 Å². The zero-order valence-electron chi connectivity index (χ0n) is 16.6. The molecule has 2 aromatic carbocycles. The first-order chi connectivity index (χ1) is 14.1. The molecule has 1 saturated heterocycles. The average molecular weight is 414 g/mol. The Morgan fingerprint density at radius 3 is 2.38 bits per heavy atom. The van der Waals surface area contributed by atoms with Crippen LogP contribution in [0, 0.1) is 0 Å². The average Bonchev–Trinajstić information content (AvgIpc) is 3.54. The van der Waals surface area contributed by atoms with E-state index >= 15 is 0 Å². The fourth-order valence-corrected chi connectivity index (χ4v) is 4.02. The summed E-state index contributed by atoms with van der Waals surface area (Å²) >= 11 is 5.99. The van der Waals surface area contributed by atoms with Gasteiger partial charge in [0.25, 0.3) is 0 Å². The van der Waals surface area contributed by atoms with Gasteiger partial charge in [0.1, 0.15) is 0 Å². The number of rotatable bonds is 7. The van der Waals surface area contributed by atoms with Crippen molar-refractivity contribution in [2.24, 2.45) is 0 Å². The molecule has 0 spiro atoms. The third-order valence-electron chi connectivity index (χ3n) is 5.95. The Labute approximate surface area is 177 Å². The fourth-order valence-electron chi connectivity index (χ4n) is 3.89. The maximum Gasteiger partial charge on any atom is 0.315 e. The summed E-state index contributed by atoms with van der Waals surface area (Å²) in [5, 5.41) is 6.82. The Morgan fingerprint density at radius 2 is 1.69 bits per heavy atom. The van der Waals surface area contributed by atoms with Crippen LogP contribution in [0.1, 0.15) is 29.5 Å². The standard InChI is InChI=1S/C23H28ClN3O2/c24-21-7-5-20(6-8-21)23(9-10-23)17-26-22(28)25-15-18-3-1-2-4-19(18)16-27-11-13-29-14-12-27/h1-8H,9-17H2,(H2,25,26,28). The first-order valence-corrected chi connectivity index (χ1v) is 10.7. The molecule has 0 bridgehead atoms. The van der Waals surface area contributed by atoms with Gasteiger partial charge in [-0.3, -0.25) is 4.90 Å². The van der Waals surface area contributed by atoms with E-state index < -0.39 is 0 Å². The SMILES string of the molecule is O=C(NCc1ccccc1CN1CCOCC1)NCC1(c2ccc(Cl)cc2)CC1. The Balaban J connectivity index is 1.28. The molecule has 2 aliphatic rings. The maximum atomic E-state index is 12.4. The molecule has 0 atom stereocenters. The van der Waals surface area contributed by atoms with Crippen LogP contribution in [0.4, 0.5) is 4.79 Å². The van der Waals surface area contributed by atoms with Gasteiger partial charge in [0.2, 0.25) is 0 Å². The second kappa shape index (κ2) is 9.16. The first-order valence-electron chi connectivity index (χ1n) is 10.3. The van der Waals surface area contributed by atoms with Crippen LogP contribution in [-0.2, 0) is 23.2 Å². The van der Waals surface area contributed by atoms with Gasteiger partial charge >= 0.3 is 6.03 Å². The second-order valence-electron chi connectivity index (χ2n) is 7.98. The molecular weight excluding hydrogens is 386 g/mol. The molecule has 154 valence electrons. The molecule has 0 unspecified atom stereocenters. The zero-order valence-corrected chi connectivity index (χ0v) is 17.4. The number of halogens is 1. The van der Waals surface area contributed by atoms with Gasteiger partial charge < -0.3 is 15.4 Å². The molecule has 1 saturated carbocycles. The van der Waals surface area contributed by atoms with Crippen LogP contribution in [0.3, 0.4) is 0 Å². The number of carbonyl (C=O) groups excluding carboxylic acids is 1. The van der Waals surface area contributed by atoms with Crippen LogP contribution in [0.15, 0.2) is 48.5 Å². The van der Waals surface area contributed by atoms with Gasteiger partial charge in [0.15, 0.2) is 0 Å². The summed E-state index contributed by atoms with van der Waals surface area (Å²) in [5.41, 5.74) is 3.73. The lowest BCUT2D eigenvalue weighted by molar-refractivity contribution is 0.0341. The summed E-state index contributed by atoms with van der Waals surface area (Å²) in [6.07, 6.45) is 2.19. The molecule has 5 nitrogen and oxygen atoms in total. The van der Waals surface area contributed by atoms with Crippen LogP contribution < -0.4 is 10.6 Å². The molecule has 2 aromatic rings. The number of nitrogens with one attached hydrogen (secondary N) is 2. The van der Waals surface area contributed by atoms with E-state index in [4.69, 9.17) is 16.3 Å². The van der Waals surface area contributed by atoms with Crippen LogP contribution in [0.25, 0.3) is 0 Å². The number of urea groups is 1. The quantitative estimate of drug-likeness (QED) is 0.727. The highest BCUT2D eigenvalue weighted by molar-refractivity contribution is 6.30. The predicted molar refractivity (Wildman–Crippen MR) is 115 cm³/mol. The number of morpholine rings is 1. The molecular formula is C23H28ClN3O2. The topological polar surface area (TPSA) is 53.6 Å². The summed E-state index contributed by atoms with van der Waals surface area (Å²) in [6, 6.07) is 16.2. The normalized spacial score (nSPS) is 18.2. The Hall–Kier alpha value is -2.08. The minimum Gasteiger partial charge on any atom is -0.379 e. The zero-order chi connectivity index (χ0) is 20.1. The Kier molecular flexibility index (Phi) is 6.38. The predicted octanol–water partition coefficient (Wildman–Crippen LogP) is 3.70. The number of benzene rings is 2. The van der Waals surface area contributed by atoms with E-state index in [-0.39, 0.29) is 11.4 Å². The van der Waals surface area contributed by atoms with Crippen LogP contribution in [0.5, 0.6) is 0 Å². The number of nitrogens with zero attached hydrogens (tertiary/aromatic N) is 1. The summed E-state index contributed by atoms with van der Waals surface area (Å²) in [7, 11) is 0. The van der Waals surface area contributed by atoms with Crippen molar-refractivity contribution in [1.29, 1.82) is 0 Å². The van der Waals surface area contributed by atoms with Crippen molar-refractivity contribution >= 4 is 17.6 Å². The molecule has 0 aromatic heterocycles. The second-order valence-corrected chi connectivity index (χ2v) is 8.42. The summed E-state index contributed by atoms with van der Waals surface area (Å²) in [4.78, 5) is 14.8. The van der Waals surface area contributed by atoms with Crippen molar-refractivity contribution in [1.82, 2.24) is 15.5 Å². The summed E-state index contributed by atoms with van der Waals surface area (Å²) in [6.45, 7) is 5.55. The number of hydrogen-bond donors (Lipinski definition) is 2. The van der Waals surface area contributed by atoms with Crippen LogP contribution in [-0.4, -0.2) is 43.8 Å². The maximum absolute atomic E-state index is 12.4. The van der Waals surface area contributed by atoms with Crippen molar-refractivity contribution in [3.8, 4) is 0 Å². The molecule has 1 aliphatic carbocycles. The van der Waals surface area contributed by atoms with Crippen molar-refractivity contribution in [3.05, 3.63) is 70.2 Å². The lowest BCUT2D eigenvalue weighted by Crippen LogP contribution is -2.40. The molecule has 2 N–H and O–H groups in total. The van der Waals surface area contributed by atoms with Gasteiger partial charge in [-0.25, -0.2) is 4.79 Å². The third kappa shape index (κ3) is 5.30. The molecule has 6 heteroatoms. The minimum absolute atomic E-state index is 0.0656. The van der Waals surface area contributed by atoms with Gasteiger partial charge in [0, 0.05) is 43.2 Å². The van der Waals surface area contributed by atoms with Crippen LogP contribution >= 0.6 is 11.6 Å². The van der Waals surface area contributed by atoms with E-state index in [0.717, 1.165) is 56.3 Å². The number of amides is 2. The summed E-state index contributed by atoms with van der Waals surface area (Å²) < 4.78 is 5.43. The van der Waals surface area contributed by atoms with E-state index in [1.165, 1.54) is 11.1 Å². The lowest BCUT2D eigenvalue weighted by atomic mass is 9.96.